The summed E-state index contributed by atoms with van der Waals surface area (Å²) in [4.78, 5) is 16.4. The van der Waals surface area contributed by atoms with Crippen molar-refractivity contribution in [3.63, 3.8) is 0 Å². The zero-order chi connectivity index (χ0) is 17.6. The lowest BCUT2D eigenvalue weighted by Crippen LogP contribution is -1.98. The Morgan fingerprint density at radius 3 is 2.80 bits per heavy atom. The van der Waals surface area contributed by atoms with Crippen molar-refractivity contribution in [2.24, 2.45) is 7.05 Å². The Morgan fingerprint density at radius 1 is 1.24 bits per heavy atom. The highest BCUT2D eigenvalue weighted by Gasteiger charge is 2.10. The van der Waals surface area contributed by atoms with E-state index < -0.39 is 0 Å². The van der Waals surface area contributed by atoms with Crippen LogP contribution >= 0.6 is 0 Å². The topological polar surface area (TPSA) is 57.0 Å². The zero-order valence-corrected chi connectivity index (χ0v) is 14.2. The number of pyridine rings is 1. The van der Waals surface area contributed by atoms with Gasteiger partial charge in [0.1, 0.15) is 12.4 Å². The highest BCUT2D eigenvalue weighted by Crippen LogP contribution is 2.21. The molecule has 5 heteroatoms. The predicted octanol–water partition coefficient (Wildman–Crippen LogP) is 3.60. The molecule has 25 heavy (non-hydrogen) atoms. The van der Waals surface area contributed by atoms with Gasteiger partial charge in [0.25, 0.3) is 0 Å². The van der Waals surface area contributed by atoms with Crippen molar-refractivity contribution in [3.05, 3.63) is 83.4 Å². The number of rotatable bonds is 6. The average molecular weight is 333 g/mol. The van der Waals surface area contributed by atoms with Crippen LogP contribution in [0.5, 0.6) is 5.75 Å². The summed E-state index contributed by atoms with van der Waals surface area (Å²) in [7, 11) is 1.80. The van der Waals surface area contributed by atoms with E-state index in [2.05, 4.69) is 10.1 Å². The molecule has 0 aliphatic heterocycles. The first kappa shape index (κ1) is 16.6. The summed E-state index contributed by atoms with van der Waals surface area (Å²) in [5.41, 5.74) is 3.16. The van der Waals surface area contributed by atoms with Gasteiger partial charge in [-0.25, -0.2) is 0 Å². The molecule has 126 valence electrons. The number of ketones is 1. The number of hydrogen-bond acceptors (Lipinski definition) is 4. The molecule has 0 spiro atoms. The Hall–Kier alpha value is -3.21. The van der Waals surface area contributed by atoms with Crippen LogP contribution in [-0.2, 0) is 13.7 Å². The van der Waals surface area contributed by atoms with Crippen LogP contribution in [0.15, 0.2) is 61.1 Å². The number of ether oxygens (including phenoxy) is 1. The van der Waals surface area contributed by atoms with Crippen LogP contribution in [0.2, 0.25) is 0 Å². The monoisotopic (exact) mass is 333 g/mol. The van der Waals surface area contributed by atoms with Gasteiger partial charge in [-0.3, -0.25) is 14.5 Å². The van der Waals surface area contributed by atoms with E-state index in [-0.39, 0.29) is 5.78 Å². The third-order valence-corrected chi connectivity index (χ3v) is 3.73. The molecule has 0 radical (unpaired) electrons. The van der Waals surface area contributed by atoms with Gasteiger partial charge in [0.05, 0.1) is 11.3 Å². The maximum Gasteiger partial charge on any atom is 0.189 e. The first-order chi connectivity index (χ1) is 12.1. The molecule has 0 atom stereocenters. The van der Waals surface area contributed by atoms with Gasteiger partial charge in [-0.1, -0.05) is 24.3 Å². The van der Waals surface area contributed by atoms with Crippen molar-refractivity contribution >= 4 is 11.9 Å². The fraction of sp³-hybridized carbons (Fsp3) is 0.150. The highest BCUT2D eigenvalue weighted by molar-refractivity contribution is 6.07. The quantitative estimate of drug-likeness (QED) is 0.511. The summed E-state index contributed by atoms with van der Waals surface area (Å²) >= 11 is 0. The van der Waals surface area contributed by atoms with E-state index in [9.17, 15) is 4.79 Å². The van der Waals surface area contributed by atoms with Crippen molar-refractivity contribution in [2.45, 2.75) is 13.5 Å². The number of benzene rings is 1. The number of aromatic nitrogens is 3. The van der Waals surface area contributed by atoms with E-state index in [0.29, 0.717) is 12.2 Å². The first-order valence-corrected chi connectivity index (χ1v) is 7.97. The molecule has 5 nitrogen and oxygen atoms in total. The molecule has 0 N–H and O–H groups in total. The molecular weight excluding hydrogens is 314 g/mol. The highest BCUT2D eigenvalue weighted by atomic mass is 16.5. The van der Waals surface area contributed by atoms with Gasteiger partial charge in [0.2, 0.25) is 0 Å². The second-order valence-corrected chi connectivity index (χ2v) is 5.69. The Labute approximate surface area is 146 Å². The maximum absolute atomic E-state index is 12.4. The van der Waals surface area contributed by atoms with E-state index in [4.69, 9.17) is 4.74 Å². The van der Waals surface area contributed by atoms with Crippen molar-refractivity contribution in [1.82, 2.24) is 14.8 Å². The smallest absolute Gasteiger partial charge is 0.189 e. The molecule has 3 rings (SSSR count). The van der Waals surface area contributed by atoms with Gasteiger partial charge < -0.3 is 4.74 Å². The minimum absolute atomic E-state index is 0.0762. The minimum atomic E-state index is -0.0762. The normalized spacial score (nSPS) is 11.0. The Balaban J connectivity index is 1.74. The average Bonchev–Trinajstić information content (AvgIpc) is 2.98. The van der Waals surface area contributed by atoms with Crippen LogP contribution in [0.25, 0.3) is 6.08 Å². The number of carbonyl (C=O) groups is 1. The van der Waals surface area contributed by atoms with Crippen LogP contribution in [0.1, 0.15) is 27.2 Å². The van der Waals surface area contributed by atoms with E-state index in [1.807, 2.05) is 43.3 Å². The first-order valence-electron chi connectivity index (χ1n) is 7.97. The largest absolute Gasteiger partial charge is 0.488 e. The number of nitrogens with zero attached hydrogens (tertiary/aromatic N) is 3. The van der Waals surface area contributed by atoms with Crippen molar-refractivity contribution in [1.29, 1.82) is 0 Å². The molecule has 1 aromatic carbocycles. The van der Waals surface area contributed by atoms with Crippen LogP contribution < -0.4 is 4.74 Å². The summed E-state index contributed by atoms with van der Waals surface area (Å²) in [6, 6.07) is 11.5. The Morgan fingerprint density at radius 2 is 2.08 bits per heavy atom. The molecule has 0 unspecified atom stereocenters. The van der Waals surface area contributed by atoms with Crippen LogP contribution in [0.3, 0.4) is 0 Å². The van der Waals surface area contributed by atoms with Crippen LogP contribution in [0.4, 0.5) is 0 Å². The molecule has 0 saturated heterocycles. The number of hydrogen-bond donors (Lipinski definition) is 0. The fourth-order valence-corrected chi connectivity index (χ4v) is 2.49. The third-order valence-electron chi connectivity index (χ3n) is 3.73. The molecule has 0 aliphatic carbocycles. The summed E-state index contributed by atoms with van der Waals surface area (Å²) in [6.07, 6.45) is 8.55. The van der Waals surface area contributed by atoms with Crippen LogP contribution in [0, 0.1) is 6.92 Å². The fourth-order valence-electron chi connectivity index (χ4n) is 2.49. The number of aryl methyl sites for hydroxylation is 2. The molecule has 2 aromatic heterocycles. The predicted molar refractivity (Wildman–Crippen MR) is 96.3 cm³/mol. The van der Waals surface area contributed by atoms with Gasteiger partial charge in [0.15, 0.2) is 5.78 Å². The van der Waals surface area contributed by atoms with Crippen LogP contribution in [-0.4, -0.2) is 20.5 Å². The minimum Gasteiger partial charge on any atom is -0.488 e. The second kappa shape index (κ2) is 7.57. The molecule has 0 bridgehead atoms. The van der Waals surface area contributed by atoms with Gasteiger partial charge in [-0.05, 0) is 31.2 Å². The maximum atomic E-state index is 12.4. The van der Waals surface area contributed by atoms with Crippen molar-refractivity contribution in [3.8, 4) is 5.75 Å². The molecule has 3 aromatic rings. The van der Waals surface area contributed by atoms with Gasteiger partial charge in [-0.2, -0.15) is 5.10 Å². The number of allylic oxidation sites excluding steroid dienone is 1. The summed E-state index contributed by atoms with van der Waals surface area (Å²) < 4.78 is 7.51. The van der Waals surface area contributed by atoms with E-state index in [1.54, 1.807) is 42.5 Å². The standard InChI is InChI=1S/C20H19N3O2/c1-15-18(13-23(2)22-15)19(24)10-9-17-7-3-4-8-20(17)25-14-16-6-5-11-21-12-16/h3-13H,14H2,1-2H3/b10-9-. The lowest BCUT2D eigenvalue weighted by molar-refractivity contribution is 0.104. The van der Waals surface area contributed by atoms with E-state index >= 15 is 0 Å². The Kier molecular flexibility index (Phi) is 5.04. The molecular formula is C20H19N3O2. The lowest BCUT2D eigenvalue weighted by atomic mass is 10.1. The number of para-hydroxylation sites is 1. The lowest BCUT2D eigenvalue weighted by Gasteiger charge is -2.08. The van der Waals surface area contributed by atoms with Gasteiger partial charge in [-0.15, -0.1) is 0 Å². The third kappa shape index (κ3) is 4.20. The number of carbonyl (C=O) groups excluding carboxylic acids is 1. The second-order valence-electron chi connectivity index (χ2n) is 5.69. The molecule has 0 saturated carbocycles. The zero-order valence-electron chi connectivity index (χ0n) is 14.2. The van der Waals surface area contributed by atoms with Crippen molar-refractivity contribution < 1.29 is 9.53 Å². The van der Waals surface area contributed by atoms with Gasteiger partial charge >= 0.3 is 0 Å². The summed E-state index contributed by atoms with van der Waals surface area (Å²) in [6.45, 7) is 2.25. The van der Waals surface area contributed by atoms with E-state index in [1.165, 1.54) is 0 Å². The van der Waals surface area contributed by atoms with Gasteiger partial charge in [0, 0.05) is 36.8 Å². The molecule has 0 aliphatic rings. The SMILES string of the molecule is Cc1nn(C)cc1C(=O)/C=C\c1ccccc1OCc1cccnc1. The summed E-state index contributed by atoms with van der Waals surface area (Å²) in [5, 5.41) is 4.20. The molecule has 0 fully saturated rings. The molecule has 2 heterocycles. The Bertz CT molecular complexity index is 898. The summed E-state index contributed by atoms with van der Waals surface area (Å²) in [5.74, 6) is 0.644. The molecule has 0 amide bonds. The van der Waals surface area contributed by atoms with Crippen molar-refractivity contribution in [2.75, 3.05) is 0 Å². The van der Waals surface area contributed by atoms with E-state index in [0.717, 1.165) is 22.6 Å².